The van der Waals surface area contributed by atoms with Crippen molar-refractivity contribution >= 4 is 61.7 Å². The van der Waals surface area contributed by atoms with E-state index in [1.807, 2.05) is 0 Å². The van der Waals surface area contributed by atoms with Crippen LogP contribution < -0.4 is 0 Å². The first-order chi connectivity index (χ1) is 3.73. The Balaban J connectivity index is -0.0000000910. The van der Waals surface area contributed by atoms with E-state index in [4.69, 9.17) is 26.3 Å². The molecule has 0 spiro atoms. The molecule has 0 aromatic heterocycles. The summed E-state index contributed by atoms with van der Waals surface area (Å²) in [6, 6.07) is 0. The van der Waals surface area contributed by atoms with Crippen LogP contribution in [0.2, 0.25) is 0 Å². The van der Waals surface area contributed by atoms with Crippen molar-refractivity contribution in [2.24, 2.45) is 0 Å². The molecule has 0 atom stereocenters. The number of thiol groups is 1. The van der Waals surface area contributed by atoms with E-state index in [2.05, 4.69) is 11.7 Å². The molecule has 0 saturated carbocycles. The zero-order chi connectivity index (χ0) is 8.08. The van der Waals surface area contributed by atoms with Crippen LogP contribution >= 0.6 is 11.7 Å². The van der Waals surface area contributed by atoms with Gasteiger partial charge in [0.25, 0.3) is 11.4 Å². The average Bonchev–Trinajstić information content (AvgIpc) is 1.19. The molecule has 6 nitrogen and oxygen atoms in total. The van der Waals surface area contributed by atoms with Crippen LogP contribution in [0.25, 0.3) is 0 Å². The van der Waals surface area contributed by atoms with E-state index in [0.717, 1.165) is 0 Å². The average molecular weight is 220 g/mol. The first-order valence-electron chi connectivity index (χ1n) is 1.23. The van der Waals surface area contributed by atoms with Gasteiger partial charge in [-0.15, -0.1) is 0 Å². The summed E-state index contributed by atoms with van der Waals surface area (Å²) in [7, 11) is -3.97. The minimum absolute atomic E-state index is 0. The summed E-state index contributed by atoms with van der Waals surface area (Å²) in [6.45, 7) is 0. The normalized spacial score (nSPS) is 9.30. The molecule has 0 amide bonds. The third-order valence-corrected chi connectivity index (χ3v) is 0. The Morgan fingerprint density at radius 3 is 1.30 bits per heavy atom. The summed E-state index contributed by atoms with van der Waals surface area (Å²) in [4.78, 5) is 0. The van der Waals surface area contributed by atoms with Gasteiger partial charge >= 0.3 is 38.7 Å². The maximum atomic E-state index is 9.05. The maximum absolute atomic E-state index is 9.05. The second kappa shape index (κ2) is 8.43. The van der Waals surface area contributed by atoms with Gasteiger partial charge in [-0.25, -0.2) is 0 Å². The zero-order valence-electron chi connectivity index (χ0n) is 3.83. The summed E-state index contributed by atoms with van der Waals surface area (Å²) in [6.07, 6.45) is 0. The number of rotatable bonds is 0. The molecule has 0 aromatic carbocycles. The molecule has 0 aliphatic carbocycles. The van der Waals surface area contributed by atoms with Gasteiger partial charge in [0.15, 0.2) is 0 Å². The van der Waals surface area contributed by atoms with E-state index in [1.165, 1.54) is 0 Å². The van der Waals surface area contributed by atoms with E-state index in [1.54, 1.807) is 0 Å². The molecule has 0 bridgehead atoms. The minimum atomic E-state index is -3.97. The molecular formula is H5NaO6S3. The first kappa shape index (κ1) is 17.4. The molecule has 10 heteroatoms. The SMILES string of the molecule is O=S(=O)(O)S.O=S(O)O.[NaH]. The fourth-order valence-corrected chi connectivity index (χ4v) is 0. The molecule has 0 aromatic rings. The van der Waals surface area contributed by atoms with Crippen LogP contribution in [-0.2, 0) is 20.5 Å². The second-order valence-electron chi connectivity index (χ2n) is 0.679. The Hall–Kier alpha value is 1.33. The Morgan fingerprint density at radius 1 is 1.30 bits per heavy atom. The van der Waals surface area contributed by atoms with Crippen LogP contribution in [0, 0.1) is 0 Å². The van der Waals surface area contributed by atoms with Gasteiger partial charge in [-0.3, -0.25) is 13.7 Å². The van der Waals surface area contributed by atoms with Gasteiger partial charge < -0.3 is 0 Å². The number of hydrogen-bond donors (Lipinski definition) is 4. The van der Waals surface area contributed by atoms with Crippen LogP contribution in [0.4, 0.5) is 0 Å². The molecular weight excluding hydrogens is 215 g/mol. The summed E-state index contributed by atoms with van der Waals surface area (Å²) >= 11 is 0.0394. The number of hydrogen-bond acceptors (Lipinski definition) is 3. The molecule has 3 N–H and O–H groups in total. The van der Waals surface area contributed by atoms with Crippen LogP contribution in [0.15, 0.2) is 0 Å². The van der Waals surface area contributed by atoms with Crippen molar-refractivity contribution in [1.29, 1.82) is 0 Å². The Morgan fingerprint density at radius 2 is 1.30 bits per heavy atom. The van der Waals surface area contributed by atoms with Crippen LogP contribution in [0.1, 0.15) is 0 Å². The van der Waals surface area contributed by atoms with E-state index in [9.17, 15) is 0 Å². The summed E-state index contributed by atoms with van der Waals surface area (Å²) in [5.41, 5.74) is 0. The van der Waals surface area contributed by atoms with Crippen LogP contribution in [0.3, 0.4) is 0 Å². The Bertz CT molecular complexity index is 155. The predicted molar refractivity (Wildman–Crippen MR) is 41.1 cm³/mol. The topological polar surface area (TPSA) is 112 Å². The molecule has 0 radical (unpaired) electrons. The zero-order valence-corrected chi connectivity index (χ0v) is 6.36. The molecule has 60 valence electrons. The summed E-state index contributed by atoms with van der Waals surface area (Å²) < 4.78 is 48.3. The molecule has 0 aliphatic heterocycles. The van der Waals surface area contributed by atoms with Crippen molar-refractivity contribution in [2.45, 2.75) is 0 Å². The van der Waals surface area contributed by atoms with E-state index >= 15 is 0 Å². The van der Waals surface area contributed by atoms with Crippen molar-refractivity contribution < 1.29 is 26.3 Å². The standard InChI is InChI=1S/Na.H2O3S2.H2O3S.H/c;1-5(2,3)4;1-4(2)3;/h;(H2,1,2,3,4);(H2,1,2,3);. The molecule has 0 fully saturated rings. The van der Waals surface area contributed by atoms with Gasteiger partial charge in [-0.1, -0.05) is 0 Å². The third-order valence-electron chi connectivity index (χ3n) is 0. The summed E-state index contributed by atoms with van der Waals surface area (Å²) in [5, 5.41) is 0. The molecule has 0 heterocycles. The fourth-order valence-electron chi connectivity index (χ4n) is 0. The Kier molecular flexibility index (Phi) is 14.7. The summed E-state index contributed by atoms with van der Waals surface area (Å²) in [5.74, 6) is 0. The van der Waals surface area contributed by atoms with Crippen molar-refractivity contribution in [3.8, 4) is 0 Å². The van der Waals surface area contributed by atoms with Crippen LogP contribution in [0.5, 0.6) is 0 Å². The van der Waals surface area contributed by atoms with Gasteiger partial charge in [-0.2, -0.15) is 12.6 Å². The molecule has 0 unspecified atom stereocenters. The monoisotopic (exact) mass is 220 g/mol. The van der Waals surface area contributed by atoms with Gasteiger partial charge in [0.05, 0.1) is 0 Å². The quantitative estimate of drug-likeness (QED) is 0.133. The van der Waals surface area contributed by atoms with E-state index < -0.39 is 20.5 Å². The third kappa shape index (κ3) is 366. The van der Waals surface area contributed by atoms with Crippen LogP contribution in [-0.4, -0.2) is 55.8 Å². The van der Waals surface area contributed by atoms with Gasteiger partial charge in [0.1, 0.15) is 0 Å². The van der Waals surface area contributed by atoms with Crippen molar-refractivity contribution in [3.63, 3.8) is 0 Å². The predicted octanol–water partition coefficient (Wildman–Crippen LogP) is -1.25. The van der Waals surface area contributed by atoms with Gasteiger partial charge in [0, 0.05) is 0 Å². The second-order valence-corrected chi connectivity index (χ2v) is 3.42. The molecule has 0 aliphatic rings. The van der Waals surface area contributed by atoms with Crippen molar-refractivity contribution in [1.82, 2.24) is 0 Å². The van der Waals surface area contributed by atoms with Crippen molar-refractivity contribution in [2.75, 3.05) is 0 Å². The first-order valence-corrected chi connectivity index (χ1v) is 4.79. The Labute approximate surface area is 87.4 Å². The van der Waals surface area contributed by atoms with Gasteiger partial charge in [0.2, 0.25) is 0 Å². The van der Waals surface area contributed by atoms with E-state index in [-0.39, 0.29) is 29.6 Å². The van der Waals surface area contributed by atoms with Gasteiger partial charge in [-0.05, 0) is 11.7 Å². The van der Waals surface area contributed by atoms with Crippen molar-refractivity contribution in [3.05, 3.63) is 0 Å². The van der Waals surface area contributed by atoms with E-state index in [0.29, 0.717) is 0 Å². The fraction of sp³-hybridized carbons (Fsp3) is 0. The molecule has 10 heavy (non-hydrogen) atoms. The molecule has 0 saturated heterocycles. The molecule has 0 rings (SSSR count).